The van der Waals surface area contributed by atoms with Crippen molar-refractivity contribution in [2.24, 2.45) is 0 Å². The second-order valence-electron chi connectivity index (χ2n) is 4.41. The highest BCUT2D eigenvalue weighted by Gasteiger charge is 2.12. The summed E-state index contributed by atoms with van der Waals surface area (Å²) in [7, 11) is 0. The molecule has 0 bridgehead atoms. The van der Waals surface area contributed by atoms with E-state index in [1.165, 1.54) is 5.56 Å². The zero-order valence-electron chi connectivity index (χ0n) is 10.2. The number of aromatic nitrogens is 4. The van der Waals surface area contributed by atoms with Crippen molar-refractivity contribution in [2.75, 3.05) is 26.2 Å². The summed E-state index contributed by atoms with van der Waals surface area (Å²) >= 11 is 0. The Morgan fingerprint density at radius 3 is 2.78 bits per heavy atom. The molecule has 1 aliphatic rings. The maximum Gasteiger partial charge on any atom is 0.143 e. The first-order chi connectivity index (χ1) is 8.93. The fourth-order valence-corrected chi connectivity index (χ4v) is 2.25. The molecule has 1 aliphatic heterocycles. The molecule has 1 aromatic heterocycles. The quantitative estimate of drug-likeness (QED) is 0.828. The van der Waals surface area contributed by atoms with Crippen molar-refractivity contribution in [1.82, 2.24) is 30.4 Å². The van der Waals surface area contributed by atoms with Crippen molar-refractivity contribution >= 4 is 0 Å². The van der Waals surface area contributed by atoms with Crippen molar-refractivity contribution in [3.05, 3.63) is 36.2 Å². The summed E-state index contributed by atoms with van der Waals surface area (Å²) in [5.41, 5.74) is 2.31. The van der Waals surface area contributed by atoms with E-state index in [0.717, 1.165) is 38.4 Å². The van der Waals surface area contributed by atoms with Crippen LogP contribution in [0.15, 0.2) is 30.6 Å². The highest BCUT2D eigenvalue weighted by Crippen LogP contribution is 2.15. The molecule has 0 aliphatic carbocycles. The average Bonchev–Trinajstić information content (AvgIpc) is 2.94. The first-order valence-electron chi connectivity index (χ1n) is 6.18. The molecule has 6 nitrogen and oxygen atoms in total. The Bertz CT molecular complexity index is 489. The third kappa shape index (κ3) is 2.39. The molecule has 18 heavy (non-hydrogen) atoms. The third-order valence-electron chi connectivity index (χ3n) is 3.19. The van der Waals surface area contributed by atoms with Crippen LogP contribution in [0.4, 0.5) is 0 Å². The van der Waals surface area contributed by atoms with Gasteiger partial charge in [0.25, 0.3) is 0 Å². The van der Waals surface area contributed by atoms with Gasteiger partial charge in [-0.1, -0.05) is 18.2 Å². The minimum atomic E-state index is 0.942. The second-order valence-corrected chi connectivity index (χ2v) is 4.41. The molecule has 1 N–H and O–H groups in total. The van der Waals surface area contributed by atoms with Gasteiger partial charge in [0.15, 0.2) is 0 Å². The topological polar surface area (TPSA) is 58.9 Å². The maximum absolute atomic E-state index is 3.96. The Balaban J connectivity index is 1.83. The SMILES string of the molecule is c1ccc(-n2cnnn2)c(CN2CCNCC2)c1. The van der Waals surface area contributed by atoms with Crippen LogP contribution >= 0.6 is 0 Å². The van der Waals surface area contributed by atoms with Crippen molar-refractivity contribution < 1.29 is 0 Å². The summed E-state index contributed by atoms with van der Waals surface area (Å²) in [5.74, 6) is 0. The van der Waals surface area contributed by atoms with Gasteiger partial charge in [-0.3, -0.25) is 4.90 Å². The van der Waals surface area contributed by atoms with Crippen molar-refractivity contribution in [3.8, 4) is 5.69 Å². The summed E-state index contributed by atoms with van der Waals surface area (Å²) in [4.78, 5) is 2.44. The number of nitrogens with one attached hydrogen (secondary N) is 1. The van der Waals surface area contributed by atoms with E-state index in [-0.39, 0.29) is 0 Å². The van der Waals surface area contributed by atoms with E-state index in [4.69, 9.17) is 0 Å². The lowest BCUT2D eigenvalue weighted by molar-refractivity contribution is 0.233. The summed E-state index contributed by atoms with van der Waals surface area (Å²) in [6.07, 6.45) is 1.64. The van der Waals surface area contributed by atoms with Gasteiger partial charge in [-0.15, -0.1) is 5.10 Å². The smallest absolute Gasteiger partial charge is 0.143 e. The van der Waals surface area contributed by atoms with Gasteiger partial charge >= 0.3 is 0 Å². The molecule has 1 saturated heterocycles. The van der Waals surface area contributed by atoms with E-state index >= 15 is 0 Å². The molecular weight excluding hydrogens is 228 g/mol. The lowest BCUT2D eigenvalue weighted by Gasteiger charge is -2.27. The van der Waals surface area contributed by atoms with E-state index in [0.29, 0.717) is 0 Å². The Labute approximate surface area is 106 Å². The van der Waals surface area contributed by atoms with Crippen LogP contribution in [0.25, 0.3) is 5.69 Å². The molecule has 0 radical (unpaired) electrons. The molecular formula is C12H16N6. The largest absolute Gasteiger partial charge is 0.314 e. The van der Waals surface area contributed by atoms with Crippen LogP contribution in [0.5, 0.6) is 0 Å². The number of piperazine rings is 1. The van der Waals surface area contributed by atoms with E-state index in [1.54, 1.807) is 11.0 Å². The zero-order chi connectivity index (χ0) is 12.2. The molecule has 0 atom stereocenters. The van der Waals surface area contributed by atoms with Gasteiger partial charge in [0.1, 0.15) is 6.33 Å². The van der Waals surface area contributed by atoms with Crippen molar-refractivity contribution in [1.29, 1.82) is 0 Å². The van der Waals surface area contributed by atoms with Gasteiger partial charge in [0.2, 0.25) is 0 Å². The highest BCUT2D eigenvalue weighted by atomic mass is 15.5. The summed E-state index contributed by atoms with van der Waals surface area (Å²) in [6.45, 7) is 5.24. The second kappa shape index (κ2) is 5.24. The van der Waals surface area contributed by atoms with Gasteiger partial charge in [0, 0.05) is 32.7 Å². The number of benzene rings is 1. The Morgan fingerprint density at radius 1 is 1.17 bits per heavy atom. The first kappa shape index (κ1) is 11.3. The van der Waals surface area contributed by atoms with Gasteiger partial charge in [-0.05, 0) is 22.1 Å². The molecule has 1 fully saturated rings. The fraction of sp³-hybridized carbons (Fsp3) is 0.417. The minimum absolute atomic E-state index is 0.942. The predicted octanol–water partition coefficient (Wildman–Crippen LogP) is 0.0675. The number of hydrogen-bond acceptors (Lipinski definition) is 5. The maximum atomic E-state index is 3.96. The Hall–Kier alpha value is -1.79. The van der Waals surface area contributed by atoms with Crippen LogP contribution in [0.1, 0.15) is 5.56 Å². The number of tetrazole rings is 1. The number of para-hydroxylation sites is 1. The van der Waals surface area contributed by atoms with Crippen LogP contribution in [-0.4, -0.2) is 51.3 Å². The lowest BCUT2D eigenvalue weighted by Crippen LogP contribution is -2.43. The fourth-order valence-electron chi connectivity index (χ4n) is 2.25. The summed E-state index contributed by atoms with van der Waals surface area (Å²) in [6, 6.07) is 8.26. The number of hydrogen-bond donors (Lipinski definition) is 1. The van der Waals surface area contributed by atoms with E-state index < -0.39 is 0 Å². The van der Waals surface area contributed by atoms with Crippen LogP contribution in [0.2, 0.25) is 0 Å². The van der Waals surface area contributed by atoms with E-state index in [9.17, 15) is 0 Å². The Morgan fingerprint density at radius 2 is 2.00 bits per heavy atom. The molecule has 0 saturated carbocycles. The molecule has 0 spiro atoms. The first-order valence-corrected chi connectivity index (χ1v) is 6.18. The monoisotopic (exact) mass is 244 g/mol. The molecule has 2 heterocycles. The lowest BCUT2D eigenvalue weighted by atomic mass is 10.1. The average molecular weight is 244 g/mol. The van der Waals surface area contributed by atoms with Crippen LogP contribution in [-0.2, 0) is 6.54 Å². The van der Waals surface area contributed by atoms with Crippen molar-refractivity contribution in [2.45, 2.75) is 6.54 Å². The van der Waals surface area contributed by atoms with Crippen LogP contribution in [0.3, 0.4) is 0 Å². The standard InChI is InChI=1S/C12H16N6/c1-2-4-12(18-10-14-15-16-18)11(3-1)9-17-7-5-13-6-8-17/h1-4,10,13H,5-9H2. The van der Waals surface area contributed by atoms with Gasteiger partial charge in [0.05, 0.1) is 5.69 Å². The van der Waals surface area contributed by atoms with Crippen LogP contribution < -0.4 is 5.32 Å². The van der Waals surface area contributed by atoms with Gasteiger partial charge < -0.3 is 5.32 Å². The molecule has 6 heteroatoms. The number of nitrogens with zero attached hydrogens (tertiary/aromatic N) is 5. The molecule has 94 valence electrons. The summed E-state index contributed by atoms with van der Waals surface area (Å²) in [5, 5.41) is 14.7. The molecule has 0 unspecified atom stereocenters. The van der Waals surface area contributed by atoms with Crippen LogP contribution in [0, 0.1) is 0 Å². The van der Waals surface area contributed by atoms with E-state index in [2.05, 4.69) is 37.9 Å². The predicted molar refractivity (Wildman–Crippen MR) is 67.3 cm³/mol. The summed E-state index contributed by atoms with van der Waals surface area (Å²) < 4.78 is 1.72. The number of rotatable bonds is 3. The van der Waals surface area contributed by atoms with Gasteiger partial charge in [-0.25, -0.2) is 4.68 Å². The van der Waals surface area contributed by atoms with Crippen molar-refractivity contribution in [3.63, 3.8) is 0 Å². The van der Waals surface area contributed by atoms with E-state index in [1.807, 2.05) is 12.1 Å². The van der Waals surface area contributed by atoms with Gasteiger partial charge in [-0.2, -0.15) is 0 Å². The molecule has 0 amide bonds. The molecule has 3 rings (SSSR count). The minimum Gasteiger partial charge on any atom is -0.314 e. The normalized spacial score (nSPS) is 16.9. The molecule has 1 aromatic carbocycles. The highest BCUT2D eigenvalue weighted by molar-refractivity contribution is 5.39. The molecule has 2 aromatic rings. The Kier molecular flexibility index (Phi) is 3.29. The third-order valence-corrected chi connectivity index (χ3v) is 3.19. The zero-order valence-corrected chi connectivity index (χ0v) is 10.2.